The van der Waals surface area contributed by atoms with Gasteiger partial charge in [0.1, 0.15) is 0 Å². The van der Waals surface area contributed by atoms with E-state index >= 15 is 0 Å². The molecule has 21 heavy (non-hydrogen) atoms. The second-order valence-corrected chi connectivity index (χ2v) is 4.90. The van der Waals surface area contributed by atoms with Crippen LogP contribution < -0.4 is 5.32 Å². The normalized spacial score (nSPS) is 11.7. The molecule has 0 unspecified atom stereocenters. The van der Waals surface area contributed by atoms with Crippen molar-refractivity contribution in [2.24, 2.45) is 0 Å². The van der Waals surface area contributed by atoms with Gasteiger partial charge in [-0.2, -0.15) is 0 Å². The fourth-order valence-electron chi connectivity index (χ4n) is 2.14. The van der Waals surface area contributed by atoms with E-state index in [1.54, 1.807) is 42.5 Å². The average molecular weight is 283 g/mol. The van der Waals surface area contributed by atoms with Gasteiger partial charge in [0, 0.05) is 5.56 Å². The van der Waals surface area contributed by atoms with Crippen molar-refractivity contribution in [2.75, 3.05) is 0 Å². The number of rotatable bonds is 4. The first-order valence-electron chi connectivity index (χ1n) is 6.65. The predicted molar refractivity (Wildman–Crippen MR) is 80.2 cm³/mol. The van der Waals surface area contributed by atoms with E-state index in [4.69, 9.17) is 0 Å². The number of aliphatic carboxylic acids is 1. The topological polar surface area (TPSA) is 66.4 Å². The molecular weight excluding hydrogens is 266 g/mol. The summed E-state index contributed by atoms with van der Waals surface area (Å²) in [4.78, 5) is 23.7. The minimum atomic E-state index is -1.08. The van der Waals surface area contributed by atoms with E-state index in [9.17, 15) is 14.7 Å². The largest absolute Gasteiger partial charge is 0.479 e. The first kappa shape index (κ1) is 14.8. The Bertz CT molecular complexity index is 665. The molecule has 1 atom stereocenters. The van der Waals surface area contributed by atoms with Crippen LogP contribution in [0.15, 0.2) is 48.5 Å². The number of carbonyl (C=O) groups is 2. The summed E-state index contributed by atoms with van der Waals surface area (Å²) in [5.41, 5.74) is 2.89. The first-order chi connectivity index (χ1) is 10.0. The highest BCUT2D eigenvalue weighted by Crippen LogP contribution is 2.17. The number of carboxylic acids is 1. The van der Waals surface area contributed by atoms with Crippen molar-refractivity contribution in [1.82, 2.24) is 5.32 Å². The number of benzene rings is 2. The van der Waals surface area contributed by atoms with Gasteiger partial charge >= 0.3 is 5.97 Å². The molecule has 1 amide bonds. The molecule has 4 nitrogen and oxygen atoms in total. The average Bonchev–Trinajstić information content (AvgIpc) is 2.48. The van der Waals surface area contributed by atoms with E-state index in [1.165, 1.54) is 0 Å². The summed E-state index contributed by atoms with van der Waals surface area (Å²) in [5.74, 6) is -1.47. The van der Waals surface area contributed by atoms with E-state index in [-0.39, 0.29) is 5.91 Å². The summed E-state index contributed by atoms with van der Waals surface area (Å²) in [7, 11) is 0. The second kappa shape index (κ2) is 6.22. The highest BCUT2D eigenvalue weighted by Gasteiger charge is 2.23. The summed E-state index contributed by atoms with van der Waals surface area (Å²) in [6.07, 6.45) is 0. The third-order valence-electron chi connectivity index (χ3n) is 3.50. The van der Waals surface area contributed by atoms with E-state index < -0.39 is 12.0 Å². The van der Waals surface area contributed by atoms with Gasteiger partial charge in [-0.3, -0.25) is 4.79 Å². The number of amides is 1. The summed E-state index contributed by atoms with van der Waals surface area (Å²) >= 11 is 0. The lowest BCUT2D eigenvalue weighted by Gasteiger charge is -2.16. The van der Waals surface area contributed by atoms with Crippen molar-refractivity contribution in [3.8, 4) is 0 Å². The Morgan fingerprint density at radius 2 is 1.67 bits per heavy atom. The lowest BCUT2D eigenvalue weighted by atomic mass is 10.0. The number of hydrogen-bond donors (Lipinski definition) is 2. The summed E-state index contributed by atoms with van der Waals surface area (Å²) in [6, 6.07) is 13.0. The fourth-order valence-corrected chi connectivity index (χ4v) is 2.14. The van der Waals surface area contributed by atoms with Crippen LogP contribution in [0.4, 0.5) is 0 Å². The van der Waals surface area contributed by atoms with Crippen LogP contribution in [-0.4, -0.2) is 17.0 Å². The van der Waals surface area contributed by atoms with Crippen LogP contribution in [0.5, 0.6) is 0 Å². The maximum atomic E-state index is 12.3. The van der Waals surface area contributed by atoms with Gasteiger partial charge in [0.15, 0.2) is 6.04 Å². The highest BCUT2D eigenvalue weighted by molar-refractivity contribution is 5.98. The van der Waals surface area contributed by atoms with Crippen molar-refractivity contribution in [1.29, 1.82) is 0 Å². The first-order valence-corrected chi connectivity index (χ1v) is 6.65. The van der Waals surface area contributed by atoms with Gasteiger partial charge in [0.05, 0.1) is 0 Å². The Kier molecular flexibility index (Phi) is 4.38. The van der Waals surface area contributed by atoms with Crippen molar-refractivity contribution in [3.63, 3.8) is 0 Å². The van der Waals surface area contributed by atoms with E-state index in [1.807, 2.05) is 19.9 Å². The maximum Gasteiger partial charge on any atom is 0.330 e. The zero-order chi connectivity index (χ0) is 15.4. The lowest BCUT2D eigenvalue weighted by Crippen LogP contribution is -2.34. The molecule has 0 saturated carbocycles. The van der Waals surface area contributed by atoms with Crippen LogP contribution in [0.1, 0.15) is 33.1 Å². The summed E-state index contributed by atoms with van der Waals surface area (Å²) < 4.78 is 0. The number of hydrogen-bond acceptors (Lipinski definition) is 2. The molecule has 0 bridgehead atoms. The van der Waals surface area contributed by atoms with Gasteiger partial charge in [-0.1, -0.05) is 42.5 Å². The maximum absolute atomic E-state index is 12.3. The van der Waals surface area contributed by atoms with Crippen molar-refractivity contribution >= 4 is 11.9 Å². The third kappa shape index (κ3) is 3.28. The Morgan fingerprint density at radius 3 is 2.29 bits per heavy atom. The molecule has 0 heterocycles. The monoisotopic (exact) mass is 283 g/mol. The molecule has 4 heteroatoms. The summed E-state index contributed by atoms with van der Waals surface area (Å²) in [6.45, 7) is 3.76. The quantitative estimate of drug-likeness (QED) is 0.906. The molecule has 0 aliphatic rings. The number of aryl methyl sites for hydroxylation is 1. The van der Waals surface area contributed by atoms with Crippen molar-refractivity contribution in [3.05, 3.63) is 70.8 Å². The molecule has 0 radical (unpaired) electrons. The second-order valence-electron chi connectivity index (χ2n) is 4.90. The van der Waals surface area contributed by atoms with Crippen LogP contribution in [0.3, 0.4) is 0 Å². The summed E-state index contributed by atoms with van der Waals surface area (Å²) in [5, 5.41) is 11.9. The minimum absolute atomic E-state index is 0.382. The van der Waals surface area contributed by atoms with Gasteiger partial charge in [-0.15, -0.1) is 0 Å². The van der Waals surface area contributed by atoms with Gasteiger partial charge in [-0.05, 0) is 36.6 Å². The molecule has 2 N–H and O–H groups in total. The van der Waals surface area contributed by atoms with Crippen LogP contribution in [0.2, 0.25) is 0 Å². The van der Waals surface area contributed by atoms with Gasteiger partial charge < -0.3 is 10.4 Å². The van der Waals surface area contributed by atoms with E-state index in [0.717, 1.165) is 11.1 Å². The molecule has 0 saturated heterocycles. The zero-order valence-corrected chi connectivity index (χ0v) is 12.0. The number of nitrogens with one attached hydrogen (secondary N) is 1. The molecule has 2 aromatic carbocycles. The highest BCUT2D eigenvalue weighted by atomic mass is 16.4. The van der Waals surface area contributed by atoms with Gasteiger partial charge in [0.2, 0.25) is 0 Å². The smallest absolute Gasteiger partial charge is 0.330 e. The predicted octanol–water partition coefficient (Wildman–Crippen LogP) is 2.86. The molecule has 0 aliphatic heterocycles. The van der Waals surface area contributed by atoms with Crippen LogP contribution in [-0.2, 0) is 4.79 Å². The number of carbonyl (C=O) groups excluding carboxylic acids is 1. The Hall–Kier alpha value is -2.62. The molecule has 108 valence electrons. The van der Waals surface area contributed by atoms with E-state index in [0.29, 0.717) is 11.1 Å². The molecule has 0 fully saturated rings. The van der Waals surface area contributed by atoms with Gasteiger partial charge in [0.25, 0.3) is 5.91 Å². The van der Waals surface area contributed by atoms with Crippen molar-refractivity contribution < 1.29 is 14.7 Å². The standard InChI is InChI=1S/C17H17NO3/c1-11-7-6-10-14(12(11)2)16(19)18-15(17(20)21)13-8-4-3-5-9-13/h3-10,15H,1-2H3,(H,18,19)(H,20,21)/t15-/m0/s1. The SMILES string of the molecule is Cc1cccc(C(=O)N[C@H](C(=O)O)c2ccccc2)c1C. The molecular formula is C17H17NO3. The molecule has 0 aromatic heterocycles. The van der Waals surface area contributed by atoms with Crippen LogP contribution in [0.25, 0.3) is 0 Å². The Balaban J connectivity index is 2.28. The lowest BCUT2D eigenvalue weighted by molar-refractivity contribution is -0.139. The van der Waals surface area contributed by atoms with E-state index in [2.05, 4.69) is 5.32 Å². The molecule has 0 aliphatic carbocycles. The third-order valence-corrected chi connectivity index (χ3v) is 3.50. The zero-order valence-electron chi connectivity index (χ0n) is 12.0. The Morgan fingerprint density at radius 1 is 1.00 bits per heavy atom. The van der Waals surface area contributed by atoms with Crippen LogP contribution >= 0.6 is 0 Å². The molecule has 2 rings (SSSR count). The number of carboxylic acid groups (broad SMARTS) is 1. The fraction of sp³-hybridized carbons (Fsp3) is 0.176. The Labute approximate surface area is 123 Å². The van der Waals surface area contributed by atoms with Crippen LogP contribution in [0, 0.1) is 13.8 Å². The molecule has 0 spiro atoms. The minimum Gasteiger partial charge on any atom is -0.479 e. The van der Waals surface area contributed by atoms with Gasteiger partial charge in [-0.25, -0.2) is 4.79 Å². The van der Waals surface area contributed by atoms with Crippen molar-refractivity contribution in [2.45, 2.75) is 19.9 Å². The molecule has 2 aromatic rings.